The lowest BCUT2D eigenvalue weighted by Crippen LogP contribution is -2.31. The summed E-state index contributed by atoms with van der Waals surface area (Å²) < 4.78 is 19.4. The minimum absolute atomic E-state index is 0.131. The van der Waals surface area contributed by atoms with E-state index < -0.39 is 12.0 Å². The molecular weight excluding hydrogens is 421 g/mol. The van der Waals surface area contributed by atoms with Crippen LogP contribution in [0.1, 0.15) is 11.1 Å². The fourth-order valence-electron chi connectivity index (χ4n) is 3.32. The molecule has 6 nitrogen and oxygen atoms in total. The van der Waals surface area contributed by atoms with Crippen molar-refractivity contribution in [1.29, 1.82) is 0 Å². The van der Waals surface area contributed by atoms with Crippen LogP contribution in [0.3, 0.4) is 0 Å². The van der Waals surface area contributed by atoms with Crippen LogP contribution < -0.4 is 10.1 Å². The molecule has 0 spiro atoms. The normalized spacial score (nSPS) is 11.5. The van der Waals surface area contributed by atoms with E-state index in [0.29, 0.717) is 29.2 Å². The van der Waals surface area contributed by atoms with Crippen molar-refractivity contribution in [3.05, 3.63) is 108 Å². The Morgan fingerprint density at radius 3 is 2.42 bits per heavy atom. The highest BCUT2D eigenvalue weighted by atomic mass is 19.1. The maximum Gasteiger partial charge on any atom is 0.326 e. The molecule has 1 heterocycles. The van der Waals surface area contributed by atoms with E-state index in [1.165, 1.54) is 12.4 Å². The third-order valence-corrected chi connectivity index (χ3v) is 5.07. The Hall–Kier alpha value is -4.26. The van der Waals surface area contributed by atoms with Gasteiger partial charge in [0, 0.05) is 23.6 Å². The Kier molecular flexibility index (Phi) is 6.90. The maximum absolute atomic E-state index is 13.7. The van der Waals surface area contributed by atoms with Gasteiger partial charge in [0.05, 0.1) is 5.69 Å². The number of aromatic nitrogens is 2. The number of halogens is 1. The molecule has 0 amide bonds. The van der Waals surface area contributed by atoms with Crippen molar-refractivity contribution < 1.29 is 19.0 Å². The van der Waals surface area contributed by atoms with Gasteiger partial charge in [-0.3, -0.25) is 0 Å². The van der Waals surface area contributed by atoms with Gasteiger partial charge in [0.1, 0.15) is 36.4 Å². The van der Waals surface area contributed by atoms with E-state index in [1.807, 2.05) is 42.5 Å². The highest BCUT2D eigenvalue weighted by Gasteiger charge is 2.18. The zero-order chi connectivity index (χ0) is 23.0. The first-order chi connectivity index (χ1) is 16.1. The van der Waals surface area contributed by atoms with Crippen molar-refractivity contribution in [3.63, 3.8) is 0 Å². The third-order valence-electron chi connectivity index (χ3n) is 5.07. The average Bonchev–Trinajstić information content (AvgIpc) is 2.84. The van der Waals surface area contributed by atoms with Crippen LogP contribution in [0.15, 0.2) is 91.3 Å². The molecule has 4 aromatic rings. The van der Waals surface area contributed by atoms with Gasteiger partial charge in [0.2, 0.25) is 0 Å². The van der Waals surface area contributed by atoms with E-state index in [9.17, 15) is 14.3 Å². The fraction of sp³-hybridized carbons (Fsp3) is 0.115. The third kappa shape index (κ3) is 5.92. The maximum atomic E-state index is 13.7. The minimum atomic E-state index is -0.963. The Morgan fingerprint density at radius 1 is 0.970 bits per heavy atom. The number of rotatable bonds is 9. The molecule has 0 saturated heterocycles. The lowest BCUT2D eigenvalue weighted by molar-refractivity contribution is -0.137. The Balaban J connectivity index is 1.43. The summed E-state index contributed by atoms with van der Waals surface area (Å²) >= 11 is 0. The number of carbonyl (C=O) groups is 1. The molecule has 166 valence electrons. The number of benzene rings is 3. The van der Waals surface area contributed by atoms with Gasteiger partial charge in [-0.15, -0.1) is 0 Å². The zero-order valence-electron chi connectivity index (χ0n) is 17.7. The number of hydrogen-bond acceptors (Lipinski definition) is 5. The van der Waals surface area contributed by atoms with E-state index in [0.717, 1.165) is 11.1 Å². The number of anilines is 1. The molecule has 0 fully saturated rings. The molecule has 0 aliphatic heterocycles. The highest BCUT2D eigenvalue weighted by Crippen LogP contribution is 2.23. The van der Waals surface area contributed by atoms with E-state index >= 15 is 0 Å². The van der Waals surface area contributed by atoms with Crippen LogP contribution in [0.2, 0.25) is 0 Å². The highest BCUT2D eigenvalue weighted by molar-refractivity contribution is 5.77. The second-order valence-corrected chi connectivity index (χ2v) is 7.42. The Morgan fingerprint density at radius 2 is 1.70 bits per heavy atom. The van der Waals surface area contributed by atoms with Gasteiger partial charge in [-0.05, 0) is 35.9 Å². The van der Waals surface area contributed by atoms with Crippen LogP contribution in [0, 0.1) is 5.82 Å². The van der Waals surface area contributed by atoms with Crippen LogP contribution in [-0.4, -0.2) is 27.1 Å². The first-order valence-electron chi connectivity index (χ1n) is 10.4. The molecule has 1 atom stereocenters. The van der Waals surface area contributed by atoms with Gasteiger partial charge in [0.25, 0.3) is 0 Å². The Bertz CT molecular complexity index is 1220. The molecule has 0 radical (unpaired) electrons. The van der Waals surface area contributed by atoms with E-state index in [4.69, 9.17) is 4.74 Å². The molecule has 33 heavy (non-hydrogen) atoms. The summed E-state index contributed by atoms with van der Waals surface area (Å²) in [6.07, 6.45) is 1.71. The Labute approximate surface area is 190 Å². The van der Waals surface area contributed by atoms with Crippen LogP contribution in [0.25, 0.3) is 11.3 Å². The molecule has 0 aliphatic carbocycles. The van der Waals surface area contributed by atoms with Crippen molar-refractivity contribution in [2.45, 2.75) is 19.1 Å². The summed E-state index contributed by atoms with van der Waals surface area (Å²) in [5, 5.41) is 12.6. The second-order valence-electron chi connectivity index (χ2n) is 7.42. The van der Waals surface area contributed by atoms with Crippen LogP contribution >= 0.6 is 0 Å². The van der Waals surface area contributed by atoms with Crippen molar-refractivity contribution in [1.82, 2.24) is 9.97 Å². The van der Waals surface area contributed by atoms with Crippen LogP contribution in [0.4, 0.5) is 10.2 Å². The van der Waals surface area contributed by atoms with Gasteiger partial charge < -0.3 is 15.2 Å². The first kappa shape index (κ1) is 22.0. The van der Waals surface area contributed by atoms with Crippen LogP contribution in [-0.2, 0) is 17.8 Å². The summed E-state index contributed by atoms with van der Waals surface area (Å²) in [5.74, 6) is -0.246. The number of aliphatic carboxylic acids is 1. The van der Waals surface area contributed by atoms with Gasteiger partial charge in [-0.1, -0.05) is 48.5 Å². The second kappa shape index (κ2) is 10.4. The predicted molar refractivity (Wildman–Crippen MR) is 123 cm³/mol. The average molecular weight is 443 g/mol. The van der Waals surface area contributed by atoms with E-state index in [-0.39, 0.29) is 12.4 Å². The largest absolute Gasteiger partial charge is 0.489 e. The van der Waals surface area contributed by atoms with Crippen molar-refractivity contribution >= 4 is 11.8 Å². The molecular formula is C26H22FN3O3. The monoisotopic (exact) mass is 443 g/mol. The number of ether oxygens (including phenoxy) is 1. The summed E-state index contributed by atoms with van der Waals surface area (Å²) in [6, 6.07) is 24.0. The lowest BCUT2D eigenvalue weighted by atomic mass is 10.1. The molecule has 0 aliphatic rings. The topological polar surface area (TPSA) is 84.3 Å². The molecule has 3 aromatic carbocycles. The lowest BCUT2D eigenvalue weighted by Gasteiger charge is -2.15. The van der Waals surface area contributed by atoms with E-state index in [2.05, 4.69) is 15.3 Å². The molecule has 0 bridgehead atoms. The molecule has 1 aromatic heterocycles. The van der Waals surface area contributed by atoms with Gasteiger partial charge in [-0.25, -0.2) is 19.2 Å². The number of nitrogens with one attached hydrogen (secondary N) is 1. The summed E-state index contributed by atoms with van der Waals surface area (Å²) in [4.78, 5) is 20.2. The molecule has 2 N–H and O–H groups in total. The van der Waals surface area contributed by atoms with Gasteiger partial charge in [0.15, 0.2) is 0 Å². The molecule has 4 rings (SSSR count). The number of nitrogens with zero attached hydrogens (tertiary/aromatic N) is 2. The number of carboxylic acid groups (broad SMARTS) is 1. The fourth-order valence-corrected chi connectivity index (χ4v) is 3.32. The molecule has 0 saturated carbocycles. The van der Waals surface area contributed by atoms with Gasteiger partial charge in [-0.2, -0.15) is 0 Å². The summed E-state index contributed by atoms with van der Waals surface area (Å²) in [7, 11) is 0. The summed E-state index contributed by atoms with van der Waals surface area (Å²) in [6.45, 7) is 0.131. The molecule has 7 heteroatoms. The first-order valence-corrected chi connectivity index (χ1v) is 10.4. The van der Waals surface area contributed by atoms with E-state index in [1.54, 1.807) is 36.4 Å². The van der Waals surface area contributed by atoms with Crippen molar-refractivity contribution in [2.24, 2.45) is 0 Å². The quantitative estimate of drug-likeness (QED) is 0.380. The molecule has 1 unspecified atom stereocenters. The number of carboxylic acids is 1. The standard InChI is InChI=1S/C26H22FN3O3/c27-22-9-5-4-8-20(22)16-33-21-12-10-19(11-13-21)23-15-25(29-17-28-23)30-24(26(31)32)14-18-6-2-1-3-7-18/h1-13,15,17,24H,14,16H2,(H,31,32)(H,28,29,30). The SMILES string of the molecule is O=C(O)C(Cc1ccccc1)Nc1cc(-c2ccc(OCc3ccccc3F)cc2)ncn1. The minimum Gasteiger partial charge on any atom is -0.489 e. The summed E-state index contributed by atoms with van der Waals surface area (Å²) in [5.41, 5.74) is 2.85. The van der Waals surface area contributed by atoms with Crippen molar-refractivity contribution in [2.75, 3.05) is 5.32 Å². The smallest absolute Gasteiger partial charge is 0.326 e. The van der Waals surface area contributed by atoms with Gasteiger partial charge >= 0.3 is 5.97 Å². The number of hydrogen-bond donors (Lipinski definition) is 2. The van der Waals surface area contributed by atoms with Crippen molar-refractivity contribution in [3.8, 4) is 17.0 Å². The predicted octanol–water partition coefficient (Wildman–Crippen LogP) is 4.97. The zero-order valence-corrected chi connectivity index (χ0v) is 17.7. The van der Waals surface area contributed by atoms with Crippen LogP contribution in [0.5, 0.6) is 5.75 Å².